The predicted molar refractivity (Wildman–Crippen MR) is 67.5 cm³/mol. The standard InChI is InChI=1S/C13H20N2O/c1-2-16-13-5-3-4-10-15(13)12-8-6-11(14)7-9-12/h6-9,13H,2-5,10,14H2,1H3. The first kappa shape index (κ1) is 11.3. The average Bonchev–Trinajstić information content (AvgIpc) is 2.32. The number of nitrogens with zero attached hydrogens (tertiary/aromatic N) is 1. The molecule has 0 saturated carbocycles. The Kier molecular flexibility index (Phi) is 3.67. The summed E-state index contributed by atoms with van der Waals surface area (Å²) in [6.07, 6.45) is 3.87. The highest BCUT2D eigenvalue weighted by atomic mass is 16.5. The van der Waals surface area contributed by atoms with Crippen molar-refractivity contribution >= 4 is 11.4 Å². The second-order valence-corrected chi connectivity index (χ2v) is 4.19. The Morgan fingerprint density at radius 1 is 1.31 bits per heavy atom. The van der Waals surface area contributed by atoms with Gasteiger partial charge in [0.05, 0.1) is 0 Å². The largest absolute Gasteiger partial charge is 0.399 e. The van der Waals surface area contributed by atoms with Crippen molar-refractivity contribution in [3.8, 4) is 0 Å². The lowest BCUT2D eigenvalue weighted by molar-refractivity contribution is 0.0433. The van der Waals surface area contributed by atoms with Crippen molar-refractivity contribution in [2.75, 3.05) is 23.8 Å². The van der Waals surface area contributed by atoms with Crippen LogP contribution >= 0.6 is 0 Å². The number of rotatable bonds is 3. The van der Waals surface area contributed by atoms with E-state index in [4.69, 9.17) is 10.5 Å². The molecule has 0 aliphatic carbocycles. The van der Waals surface area contributed by atoms with Crippen LogP contribution in [-0.2, 0) is 4.74 Å². The second kappa shape index (κ2) is 5.21. The van der Waals surface area contributed by atoms with Crippen LogP contribution in [0.25, 0.3) is 0 Å². The Morgan fingerprint density at radius 3 is 2.75 bits per heavy atom. The highest BCUT2D eigenvalue weighted by Gasteiger charge is 2.22. The molecular formula is C13H20N2O. The van der Waals surface area contributed by atoms with E-state index >= 15 is 0 Å². The third-order valence-corrected chi connectivity index (χ3v) is 3.03. The first-order chi connectivity index (χ1) is 7.81. The van der Waals surface area contributed by atoms with Gasteiger partial charge in [0.25, 0.3) is 0 Å². The van der Waals surface area contributed by atoms with Gasteiger partial charge < -0.3 is 15.4 Å². The molecular weight excluding hydrogens is 200 g/mol. The van der Waals surface area contributed by atoms with E-state index in [1.807, 2.05) is 12.1 Å². The Morgan fingerprint density at radius 2 is 2.06 bits per heavy atom. The van der Waals surface area contributed by atoms with Crippen molar-refractivity contribution in [1.82, 2.24) is 0 Å². The molecule has 0 spiro atoms. The van der Waals surface area contributed by atoms with Crippen molar-refractivity contribution in [3.63, 3.8) is 0 Å². The summed E-state index contributed by atoms with van der Waals surface area (Å²) in [5.74, 6) is 0. The molecule has 1 fully saturated rings. The molecule has 1 unspecified atom stereocenters. The fourth-order valence-electron chi connectivity index (χ4n) is 2.23. The highest BCUT2D eigenvalue weighted by molar-refractivity contribution is 5.53. The summed E-state index contributed by atoms with van der Waals surface area (Å²) in [5, 5.41) is 0. The smallest absolute Gasteiger partial charge is 0.130 e. The Bertz CT molecular complexity index is 321. The molecule has 0 amide bonds. The van der Waals surface area contributed by atoms with Crippen molar-refractivity contribution in [1.29, 1.82) is 0 Å². The summed E-state index contributed by atoms with van der Waals surface area (Å²) in [6, 6.07) is 8.05. The van der Waals surface area contributed by atoms with Crippen molar-refractivity contribution in [2.45, 2.75) is 32.4 Å². The SMILES string of the molecule is CCOC1CCCCN1c1ccc(N)cc1. The molecule has 88 valence electrons. The summed E-state index contributed by atoms with van der Waals surface area (Å²) in [5.41, 5.74) is 7.73. The number of hydrogen-bond acceptors (Lipinski definition) is 3. The van der Waals surface area contributed by atoms with Gasteiger partial charge in [-0.2, -0.15) is 0 Å². The molecule has 1 saturated heterocycles. The van der Waals surface area contributed by atoms with Crippen LogP contribution in [-0.4, -0.2) is 19.4 Å². The Balaban J connectivity index is 2.13. The molecule has 3 nitrogen and oxygen atoms in total. The van der Waals surface area contributed by atoms with E-state index in [1.165, 1.54) is 18.5 Å². The first-order valence-corrected chi connectivity index (χ1v) is 6.05. The quantitative estimate of drug-likeness (QED) is 0.796. The minimum Gasteiger partial charge on any atom is -0.399 e. The third kappa shape index (κ3) is 2.47. The average molecular weight is 220 g/mol. The van der Waals surface area contributed by atoms with Gasteiger partial charge >= 0.3 is 0 Å². The molecule has 1 aromatic carbocycles. The Hall–Kier alpha value is -1.22. The number of benzene rings is 1. The Labute approximate surface area is 97.2 Å². The molecule has 2 N–H and O–H groups in total. The maximum Gasteiger partial charge on any atom is 0.130 e. The lowest BCUT2D eigenvalue weighted by Crippen LogP contribution is -2.41. The van der Waals surface area contributed by atoms with E-state index in [9.17, 15) is 0 Å². The van der Waals surface area contributed by atoms with E-state index in [2.05, 4.69) is 24.0 Å². The molecule has 16 heavy (non-hydrogen) atoms. The van der Waals surface area contributed by atoms with Gasteiger partial charge in [0.15, 0.2) is 0 Å². The second-order valence-electron chi connectivity index (χ2n) is 4.19. The fourth-order valence-corrected chi connectivity index (χ4v) is 2.23. The molecule has 0 radical (unpaired) electrons. The minimum atomic E-state index is 0.238. The number of anilines is 2. The van der Waals surface area contributed by atoms with E-state index in [0.717, 1.165) is 25.3 Å². The summed E-state index contributed by atoms with van der Waals surface area (Å²) < 4.78 is 5.77. The zero-order valence-corrected chi connectivity index (χ0v) is 9.86. The van der Waals surface area contributed by atoms with Crippen LogP contribution in [0, 0.1) is 0 Å². The molecule has 1 heterocycles. The van der Waals surface area contributed by atoms with E-state index < -0.39 is 0 Å². The predicted octanol–water partition coefficient (Wildman–Crippen LogP) is 2.62. The highest BCUT2D eigenvalue weighted by Crippen LogP contribution is 2.25. The minimum absolute atomic E-state index is 0.238. The molecule has 1 aliphatic rings. The number of nitrogen functional groups attached to an aromatic ring is 1. The maximum atomic E-state index is 5.77. The molecule has 0 bridgehead atoms. The van der Waals surface area contributed by atoms with Crippen molar-refractivity contribution in [3.05, 3.63) is 24.3 Å². The summed E-state index contributed by atoms with van der Waals surface area (Å²) in [4.78, 5) is 2.34. The number of ether oxygens (including phenoxy) is 1. The van der Waals surface area contributed by atoms with Crippen LogP contribution in [0.1, 0.15) is 26.2 Å². The monoisotopic (exact) mass is 220 g/mol. The molecule has 1 aromatic rings. The molecule has 3 heteroatoms. The lowest BCUT2D eigenvalue weighted by Gasteiger charge is -2.37. The molecule has 1 aliphatic heterocycles. The van der Waals surface area contributed by atoms with Gasteiger partial charge in [0.1, 0.15) is 6.23 Å². The normalized spacial score (nSPS) is 21.1. The van der Waals surface area contributed by atoms with Gasteiger partial charge in [-0.15, -0.1) is 0 Å². The first-order valence-electron chi connectivity index (χ1n) is 6.05. The molecule has 0 aromatic heterocycles. The lowest BCUT2D eigenvalue weighted by atomic mass is 10.1. The zero-order chi connectivity index (χ0) is 11.4. The van der Waals surface area contributed by atoms with Gasteiger partial charge in [-0.25, -0.2) is 0 Å². The van der Waals surface area contributed by atoms with Crippen molar-refractivity contribution < 1.29 is 4.74 Å². The summed E-state index contributed by atoms with van der Waals surface area (Å²) in [6.45, 7) is 3.90. The molecule has 2 rings (SSSR count). The van der Waals surface area contributed by atoms with Gasteiger partial charge in [0.2, 0.25) is 0 Å². The van der Waals surface area contributed by atoms with Crippen molar-refractivity contribution in [2.24, 2.45) is 0 Å². The maximum absolute atomic E-state index is 5.77. The van der Waals surface area contributed by atoms with Crippen LogP contribution in [0.5, 0.6) is 0 Å². The van der Waals surface area contributed by atoms with Crippen LogP contribution in [0.4, 0.5) is 11.4 Å². The van der Waals surface area contributed by atoms with E-state index in [0.29, 0.717) is 0 Å². The van der Waals surface area contributed by atoms with Gasteiger partial charge in [-0.1, -0.05) is 0 Å². The number of piperidine rings is 1. The number of nitrogens with two attached hydrogens (primary N) is 1. The number of hydrogen-bond donors (Lipinski definition) is 1. The summed E-state index contributed by atoms with van der Waals surface area (Å²) >= 11 is 0. The van der Waals surface area contributed by atoms with E-state index in [1.54, 1.807) is 0 Å². The molecule has 1 atom stereocenters. The van der Waals surface area contributed by atoms with E-state index in [-0.39, 0.29) is 6.23 Å². The van der Waals surface area contributed by atoms with Crippen LogP contribution < -0.4 is 10.6 Å². The van der Waals surface area contributed by atoms with Crippen LogP contribution in [0.2, 0.25) is 0 Å². The topological polar surface area (TPSA) is 38.5 Å². The summed E-state index contributed by atoms with van der Waals surface area (Å²) in [7, 11) is 0. The fraction of sp³-hybridized carbons (Fsp3) is 0.538. The van der Waals surface area contributed by atoms with Crippen LogP contribution in [0.15, 0.2) is 24.3 Å². The van der Waals surface area contributed by atoms with Crippen LogP contribution in [0.3, 0.4) is 0 Å². The van der Waals surface area contributed by atoms with Gasteiger partial charge in [-0.3, -0.25) is 0 Å². The third-order valence-electron chi connectivity index (χ3n) is 3.03. The zero-order valence-electron chi connectivity index (χ0n) is 9.86. The van der Waals surface area contributed by atoms with Gasteiger partial charge in [0, 0.05) is 24.5 Å². The van der Waals surface area contributed by atoms with Gasteiger partial charge in [-0.05, 0) is 50.5 Å².